The number of aryl methyl sites for hydroxylation is 1. The summed E-state index contributed by atoms with van der Waals surface area (Å²) < 4.78 is 5.48. The summed E-state index contributed by atoms with van der Waals surface area (Å²) in [6.07, 6.45) is 1.99. The summed E-state index contributed by atoms with van der Waals surface area (Å²) in [4.78, 5) is 6.80. The van der Waals surface area contributed by atoms with E-state index in [1.807, 2.05) is 20.0 Å². The van der Waals surface area contributed by atoms with Crippen LogP contribution < -0.4 is 10.2 Å². The Bertz CT molecular complexity index is 393. The maximum Gasteiger partial charge on any atom is 0.0641 e. The van der Waals surface area contributed by atoms with Gasteiger partial charge in [0, 0.05) is 55.4 Å². The third kappa shape index (κ3) is 5.47. The quantitative estimate of drug-likeness (QED) is 0.705. The summed E-state index contributed by atoms with van der Waals surface area (Å²) >= 11 is 0. The average Bonchev–Trinajstić information content (AvgIpc) is 2.42. The molecule has 1 aromatic heterocycles. The number of pyridine rings is 1. The van der Waals surface area contributed by atoms with E-state index in [0.717, 1.165) is 38.5 Å². The first kappa shape index (κ1) is 16.9. The number of nitrogens with one attached hydrogen (secondary N) is 1. The topological polar surface area (TPSA) is 37.4 Å². The van der Waals surface area contributed by atoms with Crippen LogP contribution in [0, 0.1) is 6.92 Å². The SMILES string of the molecule is CCOCCN(CC)c1cc(C)ncc1CNC(C)C. The van der Waals surface area contributed by atoms with Gasteiger partial charge in [-0.25, -0.2) is 0 Å². The highest BCUT2D eigenvalue weighted by Crippen LogP contribution is 2.21. The summed E-state index contributed by atoms with van der Waals surface area (Å²) in [7, 11) is 0. The highest BCUT2D eigenvalue weighted by atomic mass is 16.5. The Labute approximate surface area is 123 Å². The highest BCUT2D eigenvalue weighted by molar-refractivity contribution is 5.53. The fraction of sp³-hybridized carbons (Fsp3) is 0.688. The maximum absolute atomic E-state index is 5.48. The van der Waals surface area contributed by atoms with E-state index in [2.05, 4.69) is 42.0 Å². The second-order valence-corrected chi connectivity index (χ2v) is 5.27. The molecule has 4 heteroatoms. The number of likely N-dealkylation sites (N-methyl/N-ethyl adjacent to an activating group) is 1. The van der Waals surface area contributed by atoms with Crippen molar-refractivity contribution in [2.24, 2.45) is 0 Å². The van der Waals surface area contributed by atoms with Crippen molar-refractivity contribution in [1.82, 2.24) is 10.3 Å². The average molecular weight is 279 g/mol. The first-order valence-corrected chi connectivity index (χ1v) is 7.60. The molecule has 0 saturated heterocycles. The minimum Gasteiger partial charge on any atom is -0.380 e. The Balaban J connectivity index is 2.84. The lowest BCUT2D eigenvalue weighted by Crippen LogP contribution is -2.30. The molecule has 0 spiro atoms. The minimum absolute atomic E-state index is 0.475. The smallest absolute Gasteiger partial charge is 0.0641 e. The zero-order valence-corrected chi connectivity index (χ0v) is 13.6. The zero-order valence-electron chi connectivity index (χ0n) is 13.6. The van der Waals surface area contributed by atoms with Gasteiger partial charge in [-0.3, -0.25) is 4.98 Å². The standard InChI is InChI=1S/C16H29N3O/c1-6-19(8-9-20-7-2)16-10-14(5)18-12-15(16)11-17-13(3)4/h10,12-13,17H,6-9,11H2,1-5H3. The van der Waals surface area contributed by atoms with Gasteiger partial charge in [0.15, 0.2) is 0 Å². The largest absolute Gasteiger partial charge is 0.380 e. The van der Waals surface area contributed by atoms with Gasteiger partial charge in [-0.2, -0.15) is 0 Å². The number of hydrogen-bond acceptors (Lipinski definition) is 4. The van der Waals surface area contributed by atoms with Crippen LogP contribution in [0.4, 0.5) is 5.69 Å². The number of anilines is 1. The number of nitrogens with zero attached hydrogens (tertiary/aromatic N) is 2. The number of rotatable bonds is 9. The molecule has 1 aromatic rings. The Hall–Kier alpha value is -1.13. The van der Waals surface area contributed by atoms with Gasteiger partial charge in [0.1, 0.15) is 0 Å². The van der Waals surface area contributed by atoms with Crippen LogP contribution in [0.25, 0.3) is 0 Å². The molecule has 1 rings (SSSR count). The fourth-order valence-corrected chi connectivity index (χ4v) is 2.09. The van der Waals surface area contributed by atoms with Gasteiger partial charge in [-0.15, -0.1) is 0 Å². The van der Waals surface area contributed by atoms with Gasteiger partial charge < -0.3 is 15.0 Å². The second-order valence-electron chi connectivity index (χ2n) is 5.27. The lowest BCUT2D eigenvalue weighted by molar-refractivity contribution is 0.154. The molecule has 1 heterocycles. The molecule has 0 unspecified atom stereocenters. The molecule has 0 atom stereocenters. The van der Waals surface area contributed by atoms with Crippen molar-refractivity contribution >= 4 is 5.69 Å². The van der Waals surface area contributed by atoms with Gasteiger partial charge in [-0.1, -0.05) is 13.8 Å². The molecule has 0 radical (unpaired) electrons. The van der Waals surface area contributed by atoms with Gasteiger partial charge in [-0.05, 0) is 26.8 Å². The molecule has 0 aliphatic carbocycles. The first-order chi connectivity index (χ1) is 9.58. The summed E-state index contributed by atoms with van der Waals surface area (Å²) in [6.45, 7) is 14.9. The van der Waals surface area contributed by atoms with Crippen molar-refractivity contribution in [3.05, 3.63) is 23.5 Å². The van der Waals surface area contributed by atoms with Crippen molar-refractivity contribution in [2.75, 3.05) is 31.2 Å². The fourth-order valence-electron chi connectivity index (χ4n) is 2.09. The molecule has 0 aliphatic heterocycles. The molecule has 0 aliphatic rings. The molecular formula is C16H29N3O. The monoisotopic (exact) mass is 279 g/mol. The third-order valence-electron chi connectivity index (χ3n) is 3.23. The van der Waals surface area contributed by atoms with Crippen molar-refractivity contribution < 1.29 is 4.74 Å². The zero-order chi connectivity index (χ0) is 15.0. The van der Waals surface area contributed by atoms with Gasteiger partial charge in [0.25, 0.3) is 0 Å². The Morgan fingerprint density at radius 1 is 1.35 bits per heavy atom. The third-order valence-corrected chi connectivity index (χ3v) is 3.23. The first-order valence-electron chi connectivity index (χ1n) is 7.60. The van der Waals surface area contributed by atoms with E-state index in [-0.39, 0.29) is 0 Å². The second kappa shape index (κ2) is 8.93. The number of hydrogen-bond donors (Lipinski definition) is 1. The lowest BCUT2D eigenvalue weighted by Gasteiger charge is -2.26. The predicted octanol–water partition coefficient (Wildman–Crippen LogP) is 2.75. The highest BCUT2D eigenvalue weighted by Gasteiger charge is 2.11. The van der Waals surface area contributed by atoms with Gasteiger partial charge in [0.05, 0.1) is 6.61 Å². The van der Waals surface area contributed by atoms with E-state index < -0.39 is 0 Å². The summed E-state index contributed by atoms with van der Waals surface area (Å²) in [5, 5.41) is 3.47. The molecule has 114 valence electrons. The molecule has 0 saturated carbocycles. The molecule has 4 nitrogen and oxygen atoms in total. The maximum atomic E-state index is 5.48. The van der Waals surface area contributed by atoms with Gasteiger partial charge >= 0.3 is 0 Å². The normalized spacial score (nSPS) is 11.1. The van der Waals surface area contributed by atoms with Crippen molar-refractivity contribution in [3.63, 3.8) is 0 Å². The van der Waals surface area contributed by atoms with E-state index in [0.29, 0.717) is 6.04 Å². The molecule has 0 fully saturated rings. The number of ether oxygens (including phenoxy) is 1. The molecule has 0 bridgehead atoms. The van der Waals surface area contributed by atoms with E-state index in [9.17, 15) is 0 Å². The van der Waals surface area contributed by atoms with Crippen LogP contribution in [-0.2, 0) is 11.3 Å². The molecule has 1 N–H and O–H groups in total. The van der Waals surface area contributed by atoms with Crippen molar-refractivity contribution in [1.29, 1.82) is 0 Å². The summed E-state index contributed by atoms with van der Waals surface area (Å²) in [5.41, 5.74) is 3.58. The molecule has 0 aromatic carbocycles. The van der Waals surface area contributed by atoms with E-state index in [1.165, 1.54) is 11.3 Å². The van der Waals surface area contributed by atoms with Crippen LogP contribution >= 0.6 is 0 Å². The molecular weight excluding hydrogens is 250 g/mol. The molecule has 20 heavy (non-hydrogen) atoms. The minimum atomic E-state index is 0.475. The van der Waals surface area contributed by atoms with Crippen molar-refractivity contribution in [2.45, 2.75) is 47.2 Å². The Morgan fingerprint density at radius 3 is 2.70 bits per heavy atom. The Morgan fingerprint density at radius 2 is 2.10 bits per heavy atom. The van der Waals surface area contributed by atoms with Crippen molar-refractivity contribution in [3.8, 4) is 0 Å². The van der Waals surface area contributed by atoms with Crippen LogP contribution in [0.15, 0.2) is 12.3 Å². The van der Waals surface area contributed by atoms with Crippen LogP contribution in [0.2, 0.25) is 0 Å². The predicted molar refractivity (Wildman–Crippen MR) is 85.3 cm³/mol. The summed E-state index contributed by atoms with van der Waals surface area (Å²) in [5.74, 6) is 0. The van der Waals surface area contributed by atoms with Crippen LogP contribution in [0.3, 0.4) is 0 Å². The van der Waals surface area contributed by atoms with Crippen LogP contribution in [-0.4, -0.2) is 37.3 Å². The lowest BCUT2D eigenvalue weighted by atomic mass is 10.1. The van der Waals surface area contributed by atoms with E-state index >= 15 is 0 Å². The van der Waals surface area contributed by atoms with Crippen LogP contribution in [0.5, 0.6) is 0 Å². The van der Waals surface area contributed by atoms with E-state index in [4.69, 9.17) is 4.74 Å². The molecule has 0 amide bonds. The number of aromatic nitrogens is 1. The van der Waals surface area contributed by atoms with Gasteiger partial charge in [0.2, 0.25) is 0 Å². The van der Waals surface area contributed by atoms with Crippen LogP contribution in [0.1, 0.15) is 39.0 Å². The van der Waals surface area contributed by atoms with E-state index in [1.54, 1.807) is 0 Å². The summed E-state index contributed by atoms with van der Waals surface area (Å²) in [6, 6.07) is 2.65. The Kier molecular flexibility index (Phi) is 7.55.